The Morgan fingerprint density at radius 3 is 2.25 bits per heavy atom. The fraction of sp³-hybridized carbons (Fsp3) is 0.278. The minimum absolute atomic E-state index is 0.0921. The van der Waals surface area contributed by atoms with Gasteiger partial charge in [0.15, 0.2) is 0 Å². The third-order valence-electron chi connectivity index (χ3n) is 3.45. The van der Waals surface area contributed by atoms with Crippen molar-refractivity contribution >= 4 is 16.0 Å². The van der Waals surface area contributed by atoms with Crippen LogP contribution in [-0.4, -0.2) is 20.9 Å². The molecule has 0 saturated heterocycles. The topological polar surface area (TPSA) is 72.5 Å². The average Bonchev–Trinajstić information content (AvgIpc) is 2.55. The molecule has 2 aromatic rings. The fourth-order valence-corrected chi connectivity index (χ4v) is 2.95. The van der Waals surface area contributed by atoms with E-state index in [9.17, 15) is 13.2 Å². The largest absolute Gasteiger partial charge is 0.379 e. The number of hydrogen-bond acceptors (Lipinski definition) is 4. The van der Waals surface area contributed by atoms with Crippen LogP contribution < -0.4 is 9.50 Å². The lowest BCUT2D eigenvalue weighted by molar-refractivity contribution is 0.0953. The minimum atomic E-state index is -3.88. The van der Waals surface area contributed by atoms with Crippen molar-refractivity contribution in [3.8, 4) is 5.75 Å². The first-order chi connectivity index (χ1) is 11.4. The summed E-state index contributed by atoms with van der Waals surface area (Å²) in [6.07, 6.45) is 1.92. The number of unbranched alkanes of at least 4 members (excludes halogenated alkanes) is 1. The maximum absolute atomic E-state index is 12.2. The van der Waals surface area contributed by atoms with Crippen molar-refractivity contribution < 1.29 is 17.4 Å². The van der Waals surface area contributed by atoms with Crippen LogP contribution in [0.25, 0.3) is 0 Å². The Labute approximate surface area is 142 Å². The van der Waals surface area contributed by atoms with Crippen molar-refractivity contribution in [1.82, 2.24) is 5.32 Å². The molecular formula is C18H21NO4S. The van der Waals surface area contributed by atoms with Gasteiger partial charge in [0.25, 0.3) is 5.91 Å². The Balaban J connectivity index is 2.05. The predicted molar refractivity (Wildman–Crippen MR) is 92.7 cm³/mol. The highest BCUT2D eigenvalue weighted by atomic mass is 32.2. The molecule has 0 aliphatic rings. The van der Waals surface area contributed by atoms with Gasteiger partial charge >= 0.3 is 10.1 Å². The van der Waals surface area contributed by atoms with E-state index >= 15 is 0 Å². The van der Waals surface area contributed by atoms with Crippen LogP contribution in [0.3, 0.4) is 0 Å². The fourth-order valence-electron chi connectivity index (χ4n) is 2.02. The predicted octanol–water partition coefficient (Wildman–Crippen LogP) is 3.29. The van der Waals surface area contributed by atoms with E-state index in [0.717, 1.165) is 18.4 Å². The molecule has 0 aliphatic heterocycles. The molecule has 2 aromatic carbocycles. The van der Waals surface area contributed by atoms with Gasteiger partial charge in [-0.25, -0.2) is 0 Å². The molecular weight excluding hydrogens is 326 g/mol. The summed E-state index contributed by atoms with van der Waals surface area (Å²) in [7, 11) is -3.88. The molecule has 6 heteroatoms. The van der Waals surface area contributed by atoms with E-state index in [-0.39, 0.29) is 16.6 Å². The number of carbonyl (C=O) groups is 1. The lowest BCUT2D eigenvalue weighted by Crippen LogP contribution is -2.24. The minimum Gasteiger partial charge on any atom is -0.379 e. The maximum Gasteiger partial charge on any atom is 0.339 e. The molecule has 24 heavy (non-hydrogen) atoms. The van der Waals surface area contributed by atoms with Crippen molar-refractivity contribution in [2.45, 2.75) is 31.6 Å². The van der Waals surface area contributed by atoms with Crippen molar-refractivity contribution in [2.24, 2.45) is 0 Å². The van der Waals surface area contributed by atoms with Crippen molar-refractivity contribution in [1.29, 1.82) is 0 Å². The Bertz CT molecular complexity index is 781. The van der Waals surface area contributed by atoms with Crippen LogP contribution in [0.15, 0.2) is 53.4 Å². The SMILES string of the molecule is CCCCNC(=O)c1ccc(OS(=O)(=O)c2ccc(C)cc2)cc1. The van der Waals surface area contributed by atoms with Crippen LogP contribution in [0, 0.1) is 6.92 Å². The zero-order valence-electron chi connectivity index (χ0n) is 13.8. The Hall–Kier alpha value is -2.34. The first-order valence-electron chi connectivity index (χ1n) is 7.82. The molecule has 1 N–H and O–H groups in total. The van der Waals surface area contributed by atoms with E-state index < -0.39 is 10.1 Å². The second-order valence-corrected chi connectivity index (χ2v) is 7.03. The molecule has 0 radical (unpaired) electrons. The molecule has 0 atom stereocenters. The van der Waals surface area contributed by atoms with E-state index in [2.05, 4.69) is 5.32 Å². The van der Waals surface area contributed by atoms with Gasteiger partial charge in [-0.1, -0.05) is 31.0 Å². The molecule has 128 valence electrons. The van der Waals surface area contributed by atoms with Crippen LogP contribution in [0.5, 0.6) is 5.75 Å². The molecule has 0 unspecified atom stereocenters. The molecule has 2 rings (SSSR count). The van der Waals surface area contributed by atoms with Crippen molar-refractivity contribution in [2.75, 3.05) is 6.54 Å². The maximum atomic E-state index is 12.2. The molecule has 0 heterocycles. The standard InChI is InChI=1S/C18H21NO4S/c1-3-4-13-19-18(20)15-7-9-16(10-8-15)23-24(21,22)17-11-5-14(2)6-12-17/h5-12H,3-4,13H2,1-2H3,(H,19,20). The van der Waals surface area contributed by atoms with Gasteiger partial charge < -0.3 is 9.50 Å². The third-order valence-corrected chi connectivity index (χ3v) is 4.71. The number of amides is 1. The van der Waals surface area contributed by atoms with Gasteiger partial charge in [0.05, 0.1) is 0 Å². The van der Waals surface area contributed by atoms with E-state index in [1.165, 1.54) is 24.3 Å². The summed E-state index contributed by atoms with van der Waals surface area (Å²) in [5.41, 5.74) is 1.43. The van der Waals surface area contributed by atoms with Gasteiger partial charge in [-0.05, 0) is 49.7 Å². The second-order valence-electron chi connectivity index (χ2n) is 5.48. The molecule has 0 bridgehead atoms. The molecule has 0 spiro atoms. The van der Waals surface area contributed by atoms with E-state index in [1.54, 1.807) is 24.3 Å². The van der Waals surface area contributed by atoms with Crippen molar-refractivity contribution in [3.63, 3.8) is 0 Å². The monoisotopic (exact) mass is 347 g/mol. The Morgan fingerprint density at radius 2 is 1.67 bits per heavy atom. The zero-order valence-corrected chi connectivity index (χ0v) is 14.6. The van der Waals surface area contributed by atoms with Gasteiger partial charge in [0.2, 0.25) is 0 Å². The van der Waals surface area contributed by atoms with Gasteiger partial charge in [-0.3, -0.25) is 4.79 Å². The average molecular weight is 347 g/mol. The number of carbonyl (C=O) groups excluding carboxylic acids is 1. The van der Waals surface area contributed by atoms with E-state index in [4.69, 9.17) is 4.18 Å². The Morgan fingerprint density at radius 1 is 1.04 bits per heavy atom. The highest BCUT2D eigenvalue weighted by Crippen LogP contribution is 2.19. The lowest BCUT2D eigenvalue weighted by Gasteiger charge is -2.08. The summed E-state index contributed by atoms with van der Waals surface area (Å²) in [6, 6.07) is 12.4. The summed E-state index contributed by atoms with van der Waals surface area (Å²) in [5, 5.41) is 2.80. The number of nitrogens with one attached hydrogen (secondary N) is 1. The smallest absolute Gasteiger partial charge is 0.339 e. The third kappa shape index (κ3) is 4.83. The molecule has 0 aliphatic carbocycles. The zero-order chi connectivity index (χ0) is 17.6. The van der Waals surface area contributed by atoms with E-state index in [1.807, 2.05) is 13.8 Å². The summed E-state index contributed by atoms with van der Waals surface area (Å²) in [6.45, 7) is 4.55. The highest BCUT2D eigenvalue weighted by Gasteiger charge is 2.16. The van der Waals surface area contributed by atoms with Gasteiger partial charge in [0.1, 0.15) is 10.6 Å². The molecule has 5 nitrogen and oxygen atoms in total. The highest BCUT2D eigenvalue weighted by molar-refractivity contribution is 7.87. The molecule has 0 saturated carbocycles. The van der Waals surface area contributed by atoms with Crippen LogP contribution in [-0.2, 0) is 10.1 Å². The van der Waals surface area contributed by atoms with Crippen LogP contribution in [0.1, 0.15) is 35.7 Å². The van der Waals surface area contributed by atoms with Crippen LogP contribution >= 0.6 is 0 Å². The summed E-state index contributed by atoms with van der Waals surface area (Å²) >= 11 is 0. The number of aryl methyl sites for hydroxylation is 1. The number of hydrogen-bond donors (Lipinski definition) is 1. The number of rotatable bonds is 7. The van der Waals surface area contributed by atoms with Gasteiger partial charge in [-0.15, -0.1) is 0 Å². The molecule has 0 aromatic heterocycles. The summed E-state index contributed by atoms with van der Waals surface area (Å²) in [5.74, 6) is -0.0166. The lowest BCUT2D eigenvalue weighted by atomic mass is 10.2. The second kappa shape index (κ2) is 7.97. The van der Waals surface area contributed by atoms with Crippen molar-refractivity contribution in [3.05, 3.63) is 59.7 Å². The number of benzene rings is 2. The summed E-state index contributed by atoms with van der Waals surface area (Å²) < 4.78 is 29.5. The molecule has 1 amide bonds. The first-order valence-corrected chi connectivity index (χ1v) is 9.22. The normalized spacial score (nSPS) is 11.1. The first kappa shape index (κ1) is 18.0. The van der Waals surface area contributed by atoms with Gasteiger partial charge in [-0.2, -0.15) is 8.42 Å². The summed E-state index contributed by atoms with van der Waals surface area (Å²) in [4.78, 5) is 12.0. The Kier molecular flexibility index (Phi) is 5.98. The van der Waals surface area contributed by atoms with Crippen LogP contribution in [0.2, 0.25) is 0 Å². The van der Waals surface area contributed by atoms with E-state index in [0.29, 0.717) is 12.1 Å². The van der Waals surface area contributed by atoms with Gasteiger partial charge in [0, 0.05) is 12.1 Å². The van der Waals surface area contributed by atoms with Crippen LogP contribution in [0.4, 0.5) is 0 Å². The molecule has 0 fully saturated rings. The quantitative estimate of drug-likeness (QED) is 0.616.